The second kappa shape index (κ2) is 5.79. The summed E-state index contributed by atoms with van der Waals surface area (Å²) in [4.78, 5) is 19.1. The van der Waals surface area contributed by atoms with Gasteiger partial charge in [0.25, 0.3) is 5.56 Å². The zero-order valence-corrected chi connectivity index (χ0v) is 12.9. The molecule has 0 aliphatic heterocycles. The van der Waals surface area contributed by atoms with Gasteiger partial charge in [0.05, 0.1) is 4.47 Å². The molecular weight excluding hydrogens is 328 g/mol. The number of halogens is 1. The second-order valence-corrected chi connectivity index (χ2v) is 5.75. The number of phenols is 1. The molecule has 19 heavy (non-hydrogen) atoms. The number of phenolic OH excluding ortho intramolecular Hbond substituents is 1. The predicted octanol–water partition coefficient (Wildman–Crippen LogP) is 2.86. The molecular formula is C13H13BrN2O2S. The molecule has 0 atom stereocenters. The smallest absolute Gasteiger partial charge is 0.255 e. The Kier molecular flexibility index (Phi) is 4.31. The molecule has 0 fully saturated rings. The molecule has 0 saturated carbocycles. The van der Waals surface area contributed by atoms with E-state index in [0.717, 1.165) is 11.3 Å². The summed E-state index contributed by atoms with van der Waals surface area (Å²) in [5.41, 5.74) is 2.21. The van der Waals surface area contributed by atoms with E-state index in [1.165, 1.54) is 11.8 Å². The number of rotatable bonds is 3. The van der Waals surface area contributed by atoms with Crippen molar-refractivity contribution in [3.05, 3.63) is 49.8 Å². The van der Waals surface area contributed by atoms with E-state index in [1.54, 1.807) is 18.2 Å². The van der Waals surface area contributed by atoms with Crippen LogP contribution in [-0.4, -0.2) is 21.3 Å². The second-order valence-electron chi connectivity index (χ2n) is 4.10. The fourth-order valence-electron chi connectivity index (χ4n) is 1.75. The van der Waals surface area contributed by atoms with Crippen LogP contribution < -0.4 is 5.56 Å². The Morgan fingerprint density at radius 1 is 1.47 bits per heavy atom. The van der Waals surface area contributed by atoms with Gasteiger partial charge in [-0.1, -0.05) is 17.8 Å². The van der Waals surface area contributed by atoms with E-state index in [0.29, 0.717) is 21.6 Å². The van der Waals surface area contributed by atoms with E-state index >= 15 is 0 Å². The van der Waals surface area contributed by atoms with Crippen LogP contribution in [0, 0.1) is 6.92 Å². The molecule has 0 radical (unpaired) electrons. The number of aromatic amines is 1. The van der Waals surface area contributed by atoms with Crippen molar-refractivity contribution in [1.82, 2.24) is 9.97 Å². The molecule has 1 aromatic carbocycles. The SMILES string of the molecule is CSc1nc(C)c(Cc2ccc(O)c(Br)c2)c(=O)[nH]1. The van der Waals surface area contributed by atoms with Crippen LogP contribution in [0.1, 0.15) is 16.8 Å². The van der Waals surface area contributed by atoms with E-state index in [2.05, 4.69) is 25.9 Å². The van der Waals surface area contributed by atoms with Crippen molar-refractivity contribution in [3.63, 3.8) is 0 Å². The molecule has 0 bridgehead atoms. The summed E-state index contributed by atoms with van der Waals surface area (Å²) in [6.07, 6.45) is 2.36. The Balaban J connectivity index is 2.38. The Labute approximate surface area is 123 Å². The van der Waals surface area contributed by atoms with E-state index in [9.17, 15) is 9.90 Å². The Hall–Kier alpha value is -1.27. The van der Waals surface area contributed by atoms with Gasteiger partial charge in [-0.2, -0.15) is 0 Å². The first kappa shape index (κ1) is 14.1. The lowest BCUT2D eigenvalue weighted by Gasteiger charge is -2.07. The van der Waals surface area contributed by atoms with Crippen LogP contribution >= 0.6 is 27.7 Å². The molecule has 1 heterocycles. The number of thioether (sulfide) groups is 1. The third kappa shape index (κ3) is 3.19. The average molecular weight is 341 g/mol. The summed E-state index contributed by atoms with van der Waals surface area (Å²) < 4.78 is 0.618. The number of hydrogen-bond acceptors (Lipinski definition) is 4. The Morgan fingerprint density at radius 3 is 2.79 bits per heavy atom. The highest BCUT2D eigenvalue weighted by atomic mass is 79.9. The first-order valence-electron chi connectivity index (χ1n) is 5.62. The van der Waals surface area contributed by atoms with E-state index in [1.807, 2.05) is 13.2 Å². The molecule has 2 rings (SSSR count). The number of nitrogens with one attached hydrogen (secondary N) is 1. The van der Waals surface area contributed by atoms with Gasteiger partial charge in [0, 0.05) is 17.7 Å². The fourth-order valence-corrected chi connectivity index (χ4v) is 2.60. The van der Waals surface area contributed by atoms with Gasteiger partial charge in [0.2, 0.25) is 0 Å². The number of nitrogens with zero attached hydrogens (tertiary/aromatic N) is 1. The minimum absolute atomic E-state index is 0.110. The minimum Gasteiger partial charge on any atom is -0.507 e. The summed E-state index contributed by atoms with van der Waals surface area (Å²) in [5.74, 6) is 0.185. The van der Waals surface area contributed by atoms with Gasteiger partial charge in [-0.25, -0.2) is 4.98 Å². The first-order chi connectivity index (χ1) is 9.01. The van der Waals surface area contributed by atoms with Crippen LogP contribution in [0.25, 0.3) is 0 Å². The third-order valence-electron chi connectivity index (χ3n) is 2.79. The summed E-state index contributed by atoms with van der Waals surface area (Å²) in [5, 5.41) is 10.1. The molecule has 2 N–H and O–H groups in total. The van der Waals surface area contributed by atoms with Crippen molar-refractivity contribution in [3.8, 4) is 5.75 Å². The molecule has 100 valence electrons. The minimum atomic E-state index is -0.110. The monoisotopic (exact) mass is 340 g/mol. The van der Waals surface area contributed by atoms with Gasteiger partial charge >= 0.3 is 0 Å². The lowest BCUT2D eigenvalue weighted by Crippen LogP contribution is -2.17. The van der Waals surface area contributed by atoms with Crippen molar-refractivity contribution >= 4 is 27.7 Å². The van der Waals surface area contributed by atoms with Gasteiger partial charge in [-0.3, -0.25) is 4.79 Å². The molecule has 1 aromatic heterocycles. The Morgan fingerprint density at radius 2 is 2.21 bits per heavy atom. The number of aromatic hydroxyl groups is 1. The molecule has 6 heteroatoms. The summed E-state index contributed by atoms with van der Waals surface area (Å²) in [6, 6.07) is 5.20. The van der Waals surface area contributed by atoms with Crippen LogP contribution in [0.15, 0.2) is 32.6 Å². The highest BCUT2D eigenvalue weighted by molar-refractivity contribution is 9.10. The van der Waals surface area contributed by atoms with E-state index in [-0.39, 0.29) is 11.3 Å². The van der Waals surface area contributed by atoms with Gasteiger partial charge in [0.15, 0.2) is 5.16 Å². The lowest BCUT2D eigenvalue weighted by atomic mass is 10.1. The van der Waals surface area contributed by atoms with Crippen molar-refractivity contribution in [2.75, 3.05) is 6.26 Å². The van der Waals surface area contributed by atoms with Crippen LogP contribution in [0.5, 0.6) is 5.75 Å². The van der Waals surface area contributed by atoms with E-state index < -0.39 is 0 Å². The normalized spacial score (nSPS) is 10.7. The van der Waals surface area contributed by atoms with Crippen molar-refractivity contribution in [2.24, 2.45) is 0 Å². The number of benzene rings is 1. The van der Waals surface area contributed by atoms with Gasteiger partial charge in [-0.05, 0) is 46.8 Å². The van der Waals surface area contributed by atoms with Crippen molar-refractivity contribution < 1.29 is 5.11 Å². The van der Waals surface area contributed by atoms with E-state index in [4.69, 9.17) is 0 Å². The van der Waals surface area contributed by atoms with Crippen LogP contribution in [-0.2, 0) is 6.42 Å². The van der Waals surface area contributed by atoms with Crippen molar-refractivity contribution in [2.45, 2.75) is 18.5 Å². The predicted molar refractivity (Wildman–Crippen MR) is 80.0 cm³/mol. The highest BCUT2D eigenvalue weighted by Gasteiger charge is 2.09. The Bertz CT molecular complexity index is 670. The largest absolute Gasteiger partial charge is 0.507 e. The number of aromatic nitrogens is 2. The average Bonchev–Trinajstić information content (AvgIpc) is 2.37. The zero-order valence-electron chi connectivity index (χ0n) is 10.5. The lowest BCUT2D eigenvalue weighted by molar-refractivity contribution is 0.471. The van der Waals surface area contributed by atoms with Gasteiger partial charge in [0.1, 0.15) is 5.75 Å². The number of H-pyrrole nitrogens is 1. The zero-order chi connectivity index (χ0) is 14.0. The number of aryl methyl sites for hydroxylation is 1. The summed E-state index contributed by atoms with van der Waals surface area (Å²) in [7, 11) is 0. The maximum Gasteiger partial charge on any atom is 0.255 e. The quantitative estimate of drug-likeness (QED) is 0.666. The molecule has 0 amide bonds. The topological polar surface area (TPSA) is 66.0 Å². The first-order valence-corrected chi connectivity index (χ1v) is 7.64. The van der Waals surface area contributed by atoms with Crippen LogP contribution in [0.3, 0.4) is 0 Å². The molecule has 0 spiro atoms. The molecule has 0 unspecified atom stereocenters. The fraction of sp³-hybridized carbons (Fsp3) is 0.231. The maximum atomic E-state index is 12.0. The molecule has 2 aromatic rings. The summed E-state index contributed by atoms with van der Waals surface area (Å²) >= 11 is 4.67. The van der Waals surface area contributed by atoms with Crippen LogP contribution in [0.2, 0.25) is 0 Å². The molecule has 0 saturated heterocycles. The maximum absolute atomic E-state index is 12.0. The van der Waals surface area contributed by atoms with Gasteiger partial charge in [-0.15, -0.1) is 0 Å². The summed E-state index contributed by atoms with van der Waals surface area (Å²) in [6.45, 7) is 1.83. The van der Waals surface area contributed by atoms with Crippen LogP contribution in [0.4, 0.5) is 0 Å². The molecule has 0 aliphatic rings. The number of hydrogen-bond donors (Lipinski definition) is 2. The standard InChI is InChI=1S/C13H13BrN2O2S/c1-7-9(12(18)16-13(15-7)19-2)5-8-3-4-11(17)10(14)6-8/h3-4,6,17H,5H2,1-2H3,(H,15,16,18). The highest BCUT2D eigenvalue weighted by Crippen LogP contribution is 2.25. The van der Waals surface area contributed by atoms with Gasteiger partial charge < -0.3 is 10.1 Å². The third-order valence-corrected chi connectivity index (χ3v) is 4.00. The molecule has 4 nitrogen and oxygen atoms in total. The van der Waals surface area contributed by atoms with Crippen molar-refractivity contribution in [1.29, 1.82) is 0 Å². The molecule has 0 aliphatic carbocycles.